The Kier molecular flexibility index (Phi) is 3.73. The number of hydrogen-bond donors (Lipinski definition) is 2. The Morgan fingerprint density at radius 3 is 2.18 bits per heavy atom. The Morgan fingerprint density at radius 1 is 0.786 bits per heavy atom. The van der Waals surface area contributed by atoms with Gasteiger partial charge in [-0.05, 0) is 89.1 Å². The summed E-state index contributed by atoms with van der Waals surface area (Å²) in [7, 11) is 1.67. The minimum absolute atomic E-state index is 0.0355. The molecule has 2 aliphatic carbocycles. The molecule has 0 saturated heterocycles. The first-order valence-electron chi connectivity index (χ1n) is 9.56. The standard InChI is InChI=1S/C25H22O3/c1-28-22-8-2-16(3-9-22)10-24-23-12-21(27)7-5-18(23)14-25(24)13-17-4-6-20(26)11-19(17)15-25/h2-12,26-27H,13-15H2,1H3/b24-10+. The van der Waals surface area contributed by atoms with E-state index in [1.165, 1.54) is 22.3 Å². The van der Waals surface area contributed by atoms with E-state index >= 15 is 0 Å². The highest BCUT2D eigenvalue weighted by Gasteiger charge is 2.46. The molecule has 2 N–H and O–H groups in total. The van der Waals surface area contributed by atoms with Gasteiger partial charge in [0.2, 0.25) is 0 Å². The number of hydrogen-bond acceptors (Lipinski definition) is 3. The summed E-state index contributed by atoms with van der Waals surface area (Å²) in [6.45, 7) is 0. The number of ether oxygens (including phenoxy) is 1. The number of allylic oxidation sites excluding steroid dienone is 1. The lowest BCUT2D eigenvalue weighted by Crippen LogP contribution is -2.20. The molecule has 3 heteroatoms. The number of benzene rings is 3. The average molecular weight is 370 g/mol. The highest BCUT2D eigenvalue weighted by atomic mass is 16.5. The highest BCUT2D eigenvalue weighted by Crippen LogP contribution is 2.55. The molecule has 2 aliphatic rings. The van der Waals surface area contributed by atoms with Crippen LogP contribution < -0.4 is 4.74 Å². The Bertz CT molecular complexity index is 1090. The van der Waals surface area contributed by atoms with Gasteiger partial charge in [-0.2, -0.15) is 0 Å². The van der Waals surface area contributed by atoms with Gasteiger partial charge in [0, 0.05) is 5.41 Å². The molecule has 1 atom stereocenters. The van der Waals surface area contributed by atoms with E-state index in [1.807, 2.05) is 36.4 Å². The zero-order valence-electron chi connectivity index (χ0n) is 15.8. The topological polar surface area (TPSA) is 49.7 Å². The molecule has 140 valence electrons. The van der Waals surface area contributed by atoms with Gasteiger partial charge in [0.1, 0.15) is 17.2 Å². The molecule has 3 aromatic rings. The molecule has 0 amide bonds. The maximum absolute atomic E-state index is 10.1. The SMILES string of the molecule is COc1ccc(/C=C2\c3cc(O)ccc3CC23Cc2ccc(O)cc2C3)cc1. The van der Waals surface area contributed by atoms with Crippen molar-refractivity contribution in [3.63, 3.8) is 0 Å². The van der Waals surface area contributed by atoms with E-state index in [4.69, 9.17) is 4.74 Å². The predicted molar refractivity (Wildman–Crippen MR) is 111 cm³/mol. The molecule has 0 heterocycles. The number of methoxy groups -OCH3 is 1. The summed E-state index contributed by atoms with van der Waals surface area (Å²) in [5, 5.41) is 20.0. The van der Waals surface area contributed by atoms with Gasteiger partial charge < -0.3 is 14.9 Å². The molecule has 0 bridgehead atoms. The van der Waals surface area contributed by atoms with Crippen LogP contribution in [0, 0.1) is 5.41 Å². The lowest BCUT2D eigenvalue weighted by molar-refractivity contribution is 0.415. The minimum atomic E-state index is -0.0355. The number of phenols is 2. The molecule has 1 unspecified atom stereocenters. The molecular formula is C25H22O3. The van der Waals surface area contributed by atoms with E-state index in [1.54, 1.807) is 19.2 Å². The van der Waals surface area contributed by atoms with Gasteiger partial charge in [-0.25, -0.2) is 0 Å². The van der Waals surface area contributed by atoms with Crippen molar-refractivity contribution in [3.05, 3.63) is 88.5 Å². The van der Waals surface area contributed by atoms with E-state index in [-0.39, 0.29) is 5.41 Å². The van der Waals surface area contributed by atoms with Crippen molar-refractivity contribution in [2.24, 2.45) is 5.41 Å². The Morgan fingerprint density at radius 2 is 1.43 bits per heavy atom. The van der Waals surface area contributed by atoms with Gasteiger partial charge >= 0.3 is 0 Å². The minimum Gasteiger partial charge on any atom is -0.508 e. The van der Waals surface area contributed by atoms with E-state index in [9.17, 15) is 10.2 Å². The van der Waals surface area contributed by atoms with Crippen LogP contribution in [0.2, 0.25) is 0 Å². The molecule has 1 spiro atoms. The van der Waals surface area contributed by atoms with Crippen LogP contribution in [0.15, 0.2) is 60.7 Å². The molecule has 0 radical (unpaired) electrons. The van der Waals surface area contributed by atoms with Crippen LogP contribution in [0.1, 0.15) is 27.8 Å². The zero-order valence-corrected chi connectivity index (χ0v) is 15.8. The third-order valence-corrected chi connectivity index (χ3v) is 6.16. The molecule has 0 saturated carbocycles. The summed E-state index contributed by atoms with van der Waals surface area (Å²) in [6.07, 6.45) is 5.03. The second-order valence-electron chi connectivity index (χ2n) is 7.94. The normalized spacial score (nSPS) is 21.1. The first kappa shape index (κ1) is 16.9. The number of aromatic hydroxyl groups is 2. The van der Waals surface area contributed by atoms with Crippen molar-refractivity contribution >= 4 is 11.6 Å². The van der Waals surface area contributed by atoms with Crippen LogP contribution in [-0.2, 0) is 19.3 Å². The van der Waals surface area contributed by atoms with Gasteiger partial charge in [-0.1, -0.05) is 30.3 Å². The number of rotatable bonds is 2. The number of phenolic OH excluding ortho intramolecular Hbond substituents is 2. The van der Waals surface area contributed by atoms with Crippen LogP contribution in [0.3, 0.4) is 0 Å². The van der Waals surface area contributed by atoms with Crippen LogP contribution in [0.4, 0.5) is 0 Å². The van der Waals surface area contributed by atoms with E-state index in [2.05, 4.69) is 18.2 Å². The van der Waals surface area contributed by atoms with Crippen LogP contribution in [0.5, 0.6) is 17.2 Å². The average Bonchev–Trinajstić information content (AvgIpc) is 3.19. The Balaban J connectivity index is 1.64. The molecule has 5 rings (SSSR count). The molecule has 28 heavy (non-hydrogen) atoms. The smallest absolute Gasteiger partial charge is 0.118 e. The van der Waals surface area contributed by atoms with Gasteiger partial charge in [0.25, 0.3) is 0 Å². The maximum atomic E-state index is 10.1. The first-order valence-corrected chi connectivity index (χ1v) is 9.56. The van der Waals surface area contributed by atoms with Crippen molar-refractivity contribution in [1.82, 2.24) is 0 Å². The van der Waals surface area contributed by atoms with Crippen molar-refractivity contribution < 1.29 is 14.9 Å². The summed E-state index contributed by atoms with van der Waals surface area (Å²) in [5.41, 5.74) is 7.27. The second-order valence-corrected chi connectivity index (χ2v) is 7.94. The van der Waals surface area contributed by atoms with E-state index in [0.717, 1.165) is 36.1 Å². The summed E-state index contributed by atoms with van der Waals surface area (Å²) >= 11 is 0. The quantitative estimate of drug-likeness (QED) is 0.668. The van der Waals surface area contributed by atoms with Crippen molar-refractivity contribution in [3.8, 4) is 17.2 Å². The second kappa shape index (κ2) is 6.16. The molecule has 3 nitrogen and oxygen atoms in total. The molecular weight excluding hydrogens is 348 g/mol. The van der Waals surface area contributed by atoms with Crippen LogP contribution >= 0.6 is 0 Å². The van der Waals surface area contributed by atoms with Crippen LogP contribution in [-0.4, -0.2) is 17.3 Å². The van der Waals surface area contributed by atoms with Gasteiger partial charge in [0.05, 0.1) is 7.11 Å². The van der Waals surface area contributed by atoms with Gasteiger partial charge in [0.15, 0.2) is 0 Å². The summed E-state index contributed by atoms with van der Waals surface area (Å²) in [5.74, 6) is 1.46. The molecule has 0 aromatic heterocycles. The lowest BCUT2D eigenvalue weighted by Gasteiger charge is -2.26. The third-order valence-electron chi connectivity index (χ3n) is 6.16. The number of fused-ring (bicyclic) bond motifs is 2. The van der Waals surface area contributed by atoms with E-state index in [0.29, 0.717) is 11.5 Å². The molecule has 0 fully saturated rings. The molecule has 3 aromatic carbocycles. The monoisotopic (exact) mass is 370 g/mol. The van der Waals surface area contributed by atoms with Gasteiger partial charge in [-0.15, -0.1) is 0 Å². The Labute approximate surface area is 164 Å². The summed E-state index contributed by atoms with van der Waals surface area (Å²) in [4.78, 5) is 0. The van der Waals surface area contributed by atoms with Gasteiger partial charge in [-0.3, -0.25) is 0 Å². The fourth-order valence-electron chi connectivity index (χ4n) is 4.87. The fourth-order valence-corrected chi connectivity index (χ4v) is 4.87. The van der Waals surface area contributed by atoms with Crippen LogP contribution in [0.25, 0.3) is 11.6 Å². The maximum Gasteiger partial charge on any atom is 0.118 e. The zero-order chi connectivity index (χ0) is 19.3. The van der Waals surface area contributed by atoms with E-state index < -0.39 is 0 Å². The largest absolute Gasteiger partial charge is 0.508 e. The third kappa shape index (κ3) is 2.66. The highest BCUT2D eigenvalue weighted by molar-refractivity contribution is 5.90. The Hall–Kier alpha value is -3.20. The summed E-state index contributed by atoms with van der Waals surface area (Å²) < 4.78 is 5.28. The predicted octanol–water partition coefficient (Wildman–Crippen LogP) is 4.99. The molecule has 0 aliphatic heterocycles. The van der Waals surface area contributed by atoms with Crippen molar-refractivity contribution in [2.75, 3.05) is 7.11 Å². The first-order chi connectivity index (χ1) is 13.6. The van der Waals surface area contributed by atoms with Crippen molar-refractivity contribution in [2.45, 2.75) is 19.3 Å². The van der Waals surface area contributed by atoms with Crippen molar-refractivity contribution in [1.29, 1.82) is 0 Å². The lowest BCUT2D eigenvalue weighted by atomic mass is 9.77. The summed E-state index contributed by atoms with van der Waals surface area (Å²) in [6, 6.07) is 19.5. The fraction of sp³-hybridized carbons (Fsp3) is 0.200.